The molecule has 2 fully saturated rings. The Morgan fingerprint density at radius 2 is 0.961 bits per heavy atom. The van der Waals surface area contributed by atoms with Gasteiger partial charge in [0.25, 0.3) is 0 Å². The molecule has 0 radical (unpaired) electrons. The molecule has 6 rings (SSSR count). The second kappa shape index (κ2) is 27.4. The quantitative estimate of drug-likeness (QED) is 0.0551. The molecular formula is C50H75ClN10O12S4. The van der Waals surface area contributed by atoms with Crippen LogP contribution in [-0.2, 0) is 39.0 Å². The van der Waals surface area contributed by atoms with E-state index >= 15 is 0 Å². The van der Waals surface area contributed by atoms with E-state index < -0.39 is 42.6 Å². The minimum Gasteiger partial charge on any atom is -0.451 e. The van der Waals surface area contributed by atoms with E-state index in [0.717, 1.165) is 15.1 Å². The zero-order valence-electron chi connectivity index (χ0n) is 46.3. The minimum absolute atomic E-state index is 0.0197. The van der Waals surface area contributed by atoms with Crippen LogP contribution in [0, 0.1) is 0 Å². The molecule has 2 aliphatic heterocycles. The number of carbonyl (C=O) groups is 4. The highest BCUT2D eigenvalue weighted by molar-refractivity contribution is 7.90. The van der Waals surface area contributed by atoms with Crippen molar-refractivity contribution < 1.29 is 55.0 Å². The van der Waals surface area contributed by atoms with Crippen LogP contribution < -0.4 is 30.3 Å². The fourth-order valence-electron chi connectivity index (χ4n) is 7.24. The third-order valence-electron chi connectivity index (χ3n) is 10.2. The second-order valence-corrected chi connectivity index (χ2v) is 26.6. The number of ether oxygens (including phenoxy) is 4. The molecular weight excluding hydrogens is 1100 g/mol. The van der Waals surface area contributed by atoms with Crippen molar-refractivity contribution in [1.29, 1.82) is 0 Å². The van der Waals surface area contributed by atoms with Crippen LogP contribution in [0.1, 0.15) is 96.9 Å². The SMILES string of the molecule is CC(C)OC(=O)Cl.CC(C)OC(=O)N1CCN(c2ncc(-c3ccc(N)cc3S(=O)(=O)NC(C)(C)C)s2)CC1.CC(C)OC(=O)Nc1ccc(-c2cnc(N3CCN(C(=O)OC(C)C)CC3)s2)c(S(=O)(=O)NC(C)(C)C)c1. The number of benzene rings is 2. The molecule has 4 aromatic rings. The number of thiazole rings is 2. The Morgan fingerprint density at radius 1 is 0.584 bits per heavy atom. The first-order valence-corrected chi connectivity index (χ1v) is 29.9. The number of amides is 3. The summed E-state index contributed by atoms with van der Waals surface area (Å²) in [4.78, 5) is 64.3. The molecule has 0 aliphatic carbocycles. The third kappa shape index (κ3) is 20.7. The number of anilines is 4. The van der Waals surface area contributed by atoms with Gasteiger partial charge in [-0.2, -0.15) is 0 Å². The molecule has 2 aliphatic rings. The molecule has 0 unspecified atom stereocenters. The number of sulfonamides is 2. The van der Waals surface area contributed by atoms with Gasteiger partial charge >= 0.3 is 23.7 Å². The van der Waals surface area contributed by atoms with Gasteiger partial charge in [-0.3, -0.25) is 5.32 Å². The molecule has 27 heteroatoms. The van der Waals surface area contributed by atoms with Crippen molar-refractivity contribution in [2.24, 2.45) is 0 Å². The van der Waals surface area contributed by atoms with Crippen molar-refractivity contribution in [1.82, 2.24) is 29.2 Å². The van der Waals surface area contributed by atoms with Gasteiger partial charge in [0.15, 0.2) is 10.3 Å². The first kappa shape index (κ1) is 64.0. The summed E-state index contributed by atoms with van der Waals surface area (Å²) in [6.45, 7) is 29.3. The lowest BCUT2D eigenvalue weighted by molar-refractivity contribution is 0.0742. The number of nitrogens with one attached hydrogen (secondary N) is 3. The monoisotopic (exact) mass is 1170 g/mol. The topological polar surface area (TPSA) is 274 Å². The van der Waals surface area contributed by atoms with Gasteiger partial charge in [-0.25, -0.2) is 55.4 Å². The number of rotatable bonds is 13. The Balaban J connectivity index is 0.000000299. The van der Waals surface area contributed by atoms with E-state index in [9.17, 15) is 36.0 Å². The molecule has 5 N–H and O–H groups in total. The maximum Gasteiger partial charge on any atom is 0.411 e. The van der Waals surface area contributed by atoms with E-state index in [1.165, 1.54) is 34.8 Å². The fraction of sp³-hybridized carbons (Fsp3) is 0.560. The van der Waals surface area contributed by atoms with Crippen molar-refractivity contribution in [3.63, 3.8) is 0 Å². The summed E-state index contributed by atoms with van der Waals surface area (Å²) in [7, 11) is -7.74. The van der Waals surface area contributed by atoms with E-state index in [-0.39, 0.29) is 46.4 Å². The summed E-state index contributed by atoms with van der Waals surface area (Å²) in [5.74, 6) is 0. The molecule has 22 nitrogen and oxygen atoms in total. The van der Waals surface area contributed by atoms with Crippen molar-refractivity contribution in [2.75, 3.05) is 73.2 Å². The number of carbonyl (C=O) groups excluding carboxylic acids is 4. The number of piperazine rings is 2. The van der Waals surface area contributed by atoms with Crippen LogP contribution in [0.2, 0.25) is 0 Å². The van der Waals surface area contributed by atoms with E-state index in [1.54, 1.807) is 116 Å². The highest BCUT2D eigenvalue weighted by Crippen LogP contribution is 2.38. The molecule has 3 amide bonds. The predicted octanol–water partition coefficient (Wildman–Crippen LogP) is 9.42. The maximum absolute atomic E-state index is 13.4. The van der Waals surface area contributed by atoms with E-state index in [0.29, 0.717) is 79.7 Å². The van der Waals surface area contributed by atoms with E-state index in [2.05, 4.69) is 39.3 Å². The molecule has 2 saturated heterocycles. The molecule has 428 valence electrons. The second-order valence-electron chi connectivity index (χ2n) is 21.0. The summed E-state index contributed by atoms with van der Waals surface area (Å²) >= 11 is 7.59. The minimum atomic E-state index is -3.96. The Kier molecular flexibility index (Phi) is 22.8. The molecule has 77 heavy (non-hydrogen) atoms. The highest BCUT2D eigenvalue weighted by Gasteiger charge is 2.31. The highest BCUT2D eigenvalue weighted by atomic mass is 35.5. The number of hydrogen-bond donors (Lipinski definition) is 4. The number of aromatic nitrogens is 2. The van der Waals surface area contributed by atoms with Gasteiger partial charge < -0.3 is 44.3 Å². The van der Waals surface area contributed by atoms with Crippen LogP contribution in [0.3, 0.4) is 0 Å². The normalized spacial score (nSPS) is 14.4. The number of nitrogen functional groups attached to an aromatic ring is 1. The largest absolute Gasteiger partial charge is 0.451 e. The molecule has 0 atom stereocenters. The van der Waals surface area contributed by atoms with Crippen molar-refractivity contribution in [3.8, 4) is 20.9 Å². The van der Waals surface area contributed by atoms with Crippen molar-refractivity contribution in [3.05, 3.63) is 48.8 Å². The van der Waals surface area contributed by atoms with Crippen LogP contribution in [0.4, 0.5) is 40.8 Å². The summed E-state index contributed by atoms with van der Waals surface area (Å²) in [6, 6.07) is 9.57. The zero-order chi connectivity index (χ0) is 57.8. The van der Waals surface area contributed by atoms with Crippen LogP contribution in [0.15, 0.2) is 58.6 Å². The lowest BCUT2D eigenvalue weighted by Gasteiger charge is -2.34. The average molecular weight is 1170 g/mol. The molecule has 0 bridgehead atoms. The molecule has 4 heterocycles. The number of nitrogens with zero attached hydrogens (tertiary/aromatic N) is 6. The Hall–Kier alpha value is -5.51. The van der Waals surface area contributed by atoms with Crippen LogP contribution in [0.5, 0.6) is 0 Å². The third-order valence-corrected chi connectivity index (χ3v) is 16.0. The van der Waals surface area contributed by atoms with E-state index in [1.807, 2.05) is 27.7 Å². The van der Waals surface area contributed by atoms with Gasteiger partial charge in [0.1, 0.15) is 0 Å². The number of hydrogen-bond acceptors (Lipinski definition) is 19. The van der Waals surface area contributed by atoms with Crippen molar-refractivity contribution >= 4 is 99.7 Å². The Morgan fingerprint density at radius 3 is 1.31 bits per heavy atom. The van der Waals surface area contributed by atoms with Gasteiger partial charge in [-0.15, -0.1) is 0 Å². The van der Waals surface area contributed by atoms with Gasteiger partial charge in [0, 0.05) is 110 Å². The number of nitrogens with two attached hydrogens (primary N) is 1. The van der Waals surface area contributed by atoms with Gasteiger partial charge in [-0.05, 0) is 121 Å². The van der Waals surface area contributed by atoms with Crippen LogP contribution >= 0.6 is 34.3 Å². The maximum atomic E-state index is 13.4. The summed E-state index contributed by atoms with van der Waals surface area (Å²) in [5, 5.41) is 4.10. The smallest absolute Gasteiger partial charge is 0.411 e. The fourth-order valence-corrected chi connectivity index (χ4v) is 12.9. The summed E-state index contributed by atoms with van der Waals surface area (Å²) in [5.41, 5.74) is 5.50. The first-order chi connectivity index (χ1) is 35.6. The Bertz CT molecular complexity index is 2870. The Labute approximate surface area is 466 Å². The molecule has 0 saturated carbocycles. The van der Waals surface area contributed by atoms with Crippen molar-refractivity contribution in [2.45, 2.75) is 142 Å². The molecule has 2 aromatic carbocycles. The lowest BCUT2D eigenvalue weighted by Crippen LogP contribution is -2.49. The summed E-state index contributed by atoms with van der Waals surface area (Å²) < 4.78 is 78.3. The van der Waals surface area contributed by atoms with Gasteiger partial charge in [0.05, 0.1) is 44.0 Å². The van der Waals surface area contributed by atoms with Gasteiger partial charge in [-0.1, -0.05) is 34.8 Å². The molecule has 0 spiro atoms. The first-order valence-electron chi connectivity index (χ1n) is 24.9. The van der Waals surface area contributed by atoms with E-state index in [4.69, 9.17) is 31.5 Å². The number of halogens is 1. The average Bonchev–Trinajstić information content (AvgIpc) is 3.99. The standard InChI is InChI=1S/C25H37N5O6S2.C21H31N5O4S2.C4H7ClO2/c1-16(2)35-23(31)27-18-8-9-19(21(14-18)38(33,34)28-25(5,6)7)20-15-26-22(37-20)29-10-12-30(13-11-29)24(32)36-17(3)4;1-14(2)30-20(27)26-10-8-25(9-11-26)19-23-13-17(31-19)16-7-6-15(22)12-18(16)32(28,29)24-21(3,4)5;1-3(2)7-4(5)6/h8-9,14-17,28H,10-13H2,1-7H3,(H,27,31);6-7,12-14,24H,8-11,22H2,1-5H3;3H,1-2H3. The lowest BCUT2D eigenvalue weighted by atomic mass is 10.1. The molecule has 2 aromatic heterocycles. The predicted molar refractivity (Wildman–Crippen MR) is 303 cm³/mol. The van der Waals surface area contributed by atoms with Gasteiger partial charge in [0.2, 0.25) is 20.0 Å². The zero-order valence-corrected chi connectivity index (χ0v) is 50.3. The van der Waals surface area contributed by atoms with Crippen LogP contribution in [-0.4, -0.2) is 148 Å². The van der Waals surface area contributed by atoms with Crippen LogP contribution in [0.25, 0.3) is 20.9 Å². The summed E-state index contributed by atoms with van der Waals surface area (Å²) in [6.07, 6.45) is 1.27.